The molecule has 4 aromatic rings. The van der Waals surface area contributed by atoms with Crippen LogP contribution in [0, 0.1) is 0 Å². The van der Waals surface area contributed by atoms with Crippen LogP contribution in [0.2, 0.25) is 0 Å². The molecule has 6 heteroatoms. The summed E-state index contributed by atoms with van der Waals surface area (Å²) >= 11 is 0. The van der Waals surface area contributed by atoms with Crippen molar-refractivity contribution in [2.24, 2.45) is 0 Å². The molecule has 0 atom stereocenters. The molecule has 0 unspecified atom stereocenters. The number of carbonyl (C=O) groups excluding carboxylic acids is 1. The molecular weight excluding hydrogens is 390 g/mol. The summed E-state index contributed by atoms with van der Waals surface area (Å²) in [4.78, 5) is 17.1. The van der Waals surface area contributed by atoms with E-state index in [1.807, 2.05) is 84.9 Å². The van der Waals surface area contributed by atoms with Crippen molar-refractivity contribution in [2.75, 3.05) is 7.11 Å². The van der Waals surface area contributed by atoms with E-state index in [-0.39, 0.29) is 18.4 Å². The number of rotatable bonds is 8. The van der Waals surface area contributed by atoms with Crippen molar-refractivity contribution in [3.05, 3.63) is 102 Å². The number of benzene rings is 3. The summed E-state index contributed by atoms with van der Waals surface area (Å²) in [5.41, 5.74) is 2.85. The van der Waals surface area contributed by atoms with E-state index >= 15 is 0 Å². The predicted molar refractivity (Wildman–Crippen MR) is 117 cm³/mol. The maximum Gasteiger partial charge on any atom is 0.227 e. The Morgan fingerprint density at radius 2 is 1.65 bits per heavy atom. The third kappa shape index (κ3) is 5.17. The first-order valence-corrected chi connectivity index (χ1v) is 10.1. The number of nitrogens with zero attached hydrogens (tertiary/aromatic N) is 2. The third-order valence-electron chi connectivity index (χ3n) is 4.93. The topological polar surface area (TPSA) is 77.2 Å². The lowest BCUT2D eigenvalue weighted by atomic mass is 9.98. The van der Waals surface area contributed by atoms with Crippen LogP contribution in [0.5, 0.6) is 5.75 Å². The molecule has 0 fully saturated rings. The highest BCUT2D eigenvalue weighted by atomic mass is 16.5. The first-order chi connectivity index (χ1) is 15.2. The molecule has 1 heterocycles. The average Bonchev–Trinajstić information content (AvgIpc) is 3.31. The summed E-state index contributed by atoms with van der Waals surface area (Å²) in [6.45, 7) is 0. The zero-order valence-electron chi connectivity index (χ0n) is 17.2. The van der Waals surface area contributed by atoms with Gasteiger partial charge in [0.1, 0.15) is 5.75 Å². The molecule has 0 saturated heterocycles. The van der Waals surface area contributed by atoms with Crippen LogP contribution in [0.4, 0.5) is 0 Å². The number of methoxy groups -OCH3 is 1. The number of ether oxygens (including phenoxy) is 1. The van der Waals surface area contributed by atoms with Gasteiger partial charge in [-0.1, -0.05) is 78.0 Å². The largest absolute Gasteiger partial charge is 0.497 e. The van der Waals surface area contributed by atoms with Crippen molar-refractivity contribution in [1.29, 1.82) is 0 Å². The van der Waals surface area contributed by atoms with E-state index in [1.165, 1.54) is 0 Å². The van der Waals surface area contributed by atoms with E-state index in [0.717, 1.165) is 22.4 Å². The quantitative estimate of drug-likeness (QED) is 0.457. The van der Waals surface area contributed by atoms with E-state index in [2.05, 4.69) is 15.5 Å². The molecule has 1 amide bonds. The van der Waals surface area contributed by atoms with Crippen molar-refractivity contribution < 1.29 is 14.1 Å². The highest BCUT2D eigenvalue weighted by molar-refractivity contribution is 5.77. The van der Waals surface area contributed by atoms with Crippen LogP contribution in [0.15, 0.2) is 89.5 Å². The van der Waals surface area contributed by atoms with Crippen LogP contribution in [0.3, 0.4) is 0 Å². The average molecular weight is 413 g/mol. The molecule has 0 spiro atoms. The lowest BCUT2D eigenvalue weighted by molar-refractivity contribution is -0.121. The lowest BCUT2D eigenvalue weighted by Crippen LogP contribution is -2.29. The highest BCUT2D eigenvalue weighted by Crippen LogP contribution is 2.23. The smallest absolute Gasteiger partial charge is 0.227 e. The van der Waals surface area contributed by atoms with Gasteiger partial charge in [-0.25, -0.2) is 0 Å². The molecule has 1 N–H and O–H groups in total. The Balaban J connectivity index is 1.42. The van der Waals surface area contributed by atoms with Crippen molar-refractivity contribution in [2.45, 2.75) is 18.9 Å². The number of hydrogen-bond donors (Lipinski definition) is 1. The standard InChI is InChI=1S/C25H23N3O3/c1-30-21-14-8-13-20(17-21)25-27-23(31-28-25)16-15-22(29)26-24(18-9-4-2-5-10-18)19-11-6-3-7-12-19/h2-14,17,24H,15-16H2,1H3,(H,26,29). The molecule has 0 bridgehead atoms. The van der Waals surface area contributed by atoms with Gasteiger partial charge in [-0.05, 0) is 23.3 Å². The second kappa shape index (κ2) is 9.71. The van der Waals surface area contributed by atoms with Crippen molar-refractivity contribution in [3.63, 3.8) is 0 Å². The summed E-state index contributed by atoms with van der Waals surface area (Å²) in [7, 11) is 1.61. The van der Waals surface area contributed by atoms with Gasteiger partial charge in [-0.15, -0.1) is 0 Å². The zero-order valence-corrected chi connectivity index (χ0v) is 17.2. The van der Waals surface area contributed by atoms with Crippen LogP contribution in [-0.2, 0) is 11.2 Å². The Bertz CT molecular complexity index is 1090. The van der Waals surface area contributed by atoms with E-state index in [1.54, 1.807) is 7.11 Å². The number of aryl methyl sites for hydroxylation is 1. The van der Waals surface area contributed by atoms with Crippen LogP contribution in [0.1, 0.15) is 29.5 Å². The molecule has 31 heavy (non-hydrogen) atoms. The molecule has 0 saturated carbocycles. The summed E-state index contributed by atoms with van der Waals surface area (Å²) < 4.78 is 10.6. The van der Waals surface area contributed by atoms with E-state index in [4.69, 9.17) is 9.26 Å². The summed E-state index contributed by atoms with van der Waals surface area (Å²) in [6, 6.07) is 27.1. The summed E-state index contributed by atoms with van der Waals surface area (Å²) in [5, 5.41) is 7.15. The highest BCUT2D eigenvalue weighted by Gasteiger charge is 2.17. The first-order valence-electron chi connectivity index (χ1n) is 10.1. The molecular formula is C25H23N3O3. The van der Waals surface area contributed by atoms with Gasteiger partial charge in [-0.3, -0.25) is 4.79 Å². The molecule has 1 aromatic heterocycles. The molecule has 0 aliphatic carbocycles. The molecule has 156 valence electrons. The molecule has 0 aliphatic heterocycles. The van der Waals surface area contributed by atoms with Gasteiger partial charge in [0.15, 0.2) is 0 Å². The number of carbonyl (C=O) groups is 1. The Labute approximate surface area is 180 Å². The van der Waals surface area contributed by atoms with E-state index < -0.39 is 0 Å². The fraction of sp³-hybridized carbons (Fsp3) is 0.160. The minimum atomic E-state index is -0.218. The maximum atomic E-state index is 12.7. The summed E-state index contributed by atoms with van der Waals surface area (Å²) in [5.74, 6) is 1.53. The Hall–Kier alpha value is -3.93. The number of aromatic nitrogens is 2. The molecule has 0 aliphatic rings. The Morgan fingerprint density at radius 1 is 0.968 bits per heavy atom. The van der Waals surface area contributed by atoms with Crippen LogP contribution >= 0.6 is 0 Å². The monoisotopic (exact) mass is 413 g/mol. The van der Waals surface area contributed by atoms with Crippen molar-refractivity contribution >= 4 is 5.91 Å². The van der Waals surface area contributed by atoms with Crippen LogP contribution < -0.4 is 10.1 Å². The normalized spacial score (nSPS) is 10.8. The molecule has 3 aromatic carbocycles. The molecule has 0 radical (unpaired) electrons. The fourth-order valence-electron chi connectivity index (χ4n) is 3.34. The summed E-state index contributed by atoms with van der Waals surface area (Å²) in [6.07, 6.45) is 0.606. The van der Waals surface area contributed by atoms with Gasteiger partial charge in [0.05, 0.1) is 13.2 Å². The third-order valence-corrected chi connectivity index (χ3v) is 4.93. The minimum absolute atomic E-state index is 0.0844. The SMILES string of the molecule is COc1cccc(-c2noc(CCC(=O)NC(c3ccccc3)c3ccccc3)n2)c1. The van der Waals surface area contributed by atoms with Gasteiger partial charge in [0, 0.05) is 18.4 Å². The van der Waals surface area contributed by atoms with Gasteiger partial charge >= 0.3 is 0 Å². The van der Waals surface area contributed by atoms with Gasteiger partial charge in [0.2, 0.25) is 17.6 Å². The molecule has 6 nitrogen and oxygen atoms in total. The lowest BCUT2D eigenvalue weighted by Gasteiger charge is -2.19. The number of hydrogen-bond acceptors (Lipinski definition) is 5. The predicted octanol–water partition coefficient (Wildman–Crippen LogP) is 4.58. The van der Waals surface area contributed by atoms with Gasteiger partial charge < -0.3 is 14.6 Å². The van der Waals surface area contributed by atoms with Crippen molar-refractivity contribution in [3.8, 4) is 17.1 Å². The molecule has 4 rings (SSSR count). The zero-order chi connectivity index (χ0) is 21.5. The van der Waals surface area contributed by atoms with E-state index in [0.29, 0.717) is 18.1 Å². The Kier molecular flexibility index (Phi) is 6.38. The number of amides is 1. The first kappa shape index (κ1) is 20.3. The maximum absolute atomic E-state index is 12.7. The minimum Gasteiger partial charge on any atom is -0.497 e. The van der Waals surface area contributed by atoms with Gasteiger partial charge in [0.25, 0.3) is 0 Å². The number of nitrogens with one attached hydrogen (secondary N) is 1. The van der Waals surface area contributed by atoms with Crippen LogP contribution in [-0.4, -0.2) is 23.2 Å². The second-order valence-corrected chi connectivity index (χ2v) is 7.07. The fourth-order valence-corrected chi connectivity index (χ4v) is 3.34. The van der Waals surface area contributed by atoms with Crippen LogP contribution in [0.25, 0.3) is 11.4 Å². The van der Waals surface area contributed by atoms with E-state index in [9.17, 15) is 4.79 Å². The van der Waals surface area contributed by atoms with Gasteiger partial charge in [-0.2, -0.15) is 4.98 Å². The Morgan fingerprint density at radius 3 is 2.29 bits per heavy atom. The second-order valence-electron chi connectivity index (χ2n) is 7.07. The van der Waals surface area contributed by atoms with Crippen molar-refractivity contribution in [1.82, 2.24) is 15.5 Å².